The molecule has 0 aliphatic carbocycles. The van der Waals surface area contributed by atoms with Gasteiger partial charge in [-0.2, -0.15) is 0 Å². The lowest BCUT2D eigenvalue weighted by Gasteiger charge is -2.46. The Hall–Kier alpha value is -3.16. The smallest absolute Gasteiger partial charge is 0.307 e. The molecule has 1 N–H and O–H groups in total. The molecule has 4 rings (SSSR count). The molecule has 5 nitrogen and oxygen atoms in total. The summed E-state index contributed by atoms with van der Waals surface area (Å²) in [6.07, 6.45) is 0.496. The Morgan fingerprint density at radius 3 is 2.25 bits per heavy atom. The van der Waals surface area contributed by atoms with Crippen LogP contribution in [-0.2, 0) is 33.6 Å². The van der Waals surface area contributed by atoms with Crippen LogP contribution in [0, 0.1) is 5.82 Å². The van der Waals surface area contributed by atoms with Gasteiger partial charge in [-0.15, -0.1) is 0 Å². The van der Waals surface area contributed by atoms with Crippen LogP contribution < -0.4 is 4.90 Å². The van der Waals surface area contributed by atoms with Gasteiger partial charge in [0.25, 0.3) is 5.91 Å². The number of carboxylic acid groups (broad SMARTS) is 1. The van der Waals surface area contributed by atoms with Crippen molar-refractivity contribution < 1.29 is 23.6 Å². The topological polar surface area (TPSA) is 80.7 Å². The standard InChI is InChI=1S/C25H22FNO4S/c26-20-10-12-21(13-11-20)27-23(19-8-6-18(7-9-19)16-22(28)29)24(25(27)30)32(31)15-14-17-4-2-1-3-5-17/h1-13,23-24H,14-16H2,(H,28,29)/t23-,24+,32?/m1/s1. The average molecular weight is 452 g/mol. The maximum absolute atomic E-state index is 13.4. The Bertz CT molecular complexity index is 1090. The summed E-state index contributed by atoms with van der Waals surface area (Å²) in [5.74, 6) is -1.24. The molecule has 1 heterocycles. The van der Waals surface area contributed by atoms with Gasteiger partial charge in [0.2, 0.25) is 5.25 Å². The van der Waals surface area contributed by atoms with Crippen molar-refractivity contribution in [2.45, 2.75) is 24.1 Å². The van der Waals surface area contributed by atoms with Gasteiger partial charge in [0.05, 0.1) is 6.42 Å². The molecule has 1 aliphatic rings. The van der Waals surface area contributed by atoms with Crippen LogP contribution in [0.15, 0.2) is 78.9 Å². The van der Waals surface area contributed by atoms with E-state index in [-0.39, 0.29) is 12.3 Å². The van der Waals surface area contributed by atoms with Crippen LogP contribution in [0.2, 0.25) is 0 Å². The molecule has 0 saturated carbocycles. The zero-order chi connectivity index (χ0) is 22.7. The molecule has 164 valence electrons. The second kappa shape index (κ2) is 9.54. The number of amides is 1. The van der Waals surface area contributed by atoms with Crippen molar-refractivity contribution in [3.63, 3.8) is 0 Å². The summed E-state index contributed by atoms with van der Waals surface area (Å²) in [5.41, 5.74) is 2.99. The summed E-state index contributed by atoms with van der Waals surface area (Å²) in [4.78, 5) is 25.6. The number of aliphatic carboxylic acids is 1. The fraction of sp³-hybridized carbons (Fsp3) is 0.200. The van der Waals surface area contributed by atoms with Gasteiger partial charge in [-0.05, 0) is 52.1 Å². The lowest BCUT2D eigenvalue weighted by Crippen LogP contribution is -2.62. The SMILES string of the molecule is O=C(O)Cc1ccc([C@@H]2[C@H]([S+]([O-])CCc3ccccc3)C(=O)N2c2ccc(F)cc2)cc1. The van der Waals surface area contributed by atoms with Crippen LogP contribution >= 0.6 is 0 Å². The van der Waals surface area contributed by atoms with Crippen molar-refractivity contribution in [1.29, 1.82) is 0 Å². The average Bonchev–Trinajstić information content (AvgIpc) is 2.78. The number of hydrogen-bond donors (Lipinski definition) is 1. The van der Waals surface area contributed by atoms with E-state index in [1.807, 2.05) is 30.3 Å². The highest BCUT2D eigenvalue weighted by Crippen LogP contribution is 2.43. The van der Waals surface area contributed by atoms with Gasteiger partial charge in [0.1, 0.15) is 17.6 Å². The maximum Gasteiger partial charge on any atom is 0.307 e. The highest BCUT2D eigenvalue weighted by molar-refractivity contribution is 7.93. The zero-order valence-electron chi connectivity index (χ0n) is 17.2. The van der Waals surface area contributed by atoms with Gasteiger partial charge >= 0.3 is 5.97 Å². The second-order valence-corrected chi connectivity index (χ2v) is 9.36. The van der Waals surface area contributed by atoms with Crippen LogP contribution in [-0.4, -0.2) is 32.5 Å². The molecule has 0 aromatic heterocycles. The lowest BCUT2D eigenvalue weighted by molar-refractivity contribution is -0.136. The Kier molecular flexibility index (Phi) is 6.58. The van der Waals surface area contributed by atoms with Crippen LogP contribution in [0.4, 0.5) is 10.1 Å². The van der Waals surface area contributed by atoms with Crippen molar-refractivity contribution in [3.05, 3.63) is 101 Å². The molecule has 0 spiro atoms. The second-order valence-electron chi connectivity index (χ2n) is 7.68. The van der Waals surface area contributed by atoms with Gasteiger partial charge in [-0.25, -0.2) is 4.39 Å². The lowest BCUT2D eigenvalue weighted by atomic mass is 9.91. The Balaban J connectivity index is 1.59. The normalized spacial score (nSPS) is 18.8. The number of β-lactam (4-membered cyclic amide) rings is 1. The van der Waals surface area contributed by atoms with E-state index in [4.69, 9.17) is 5.11 Å². The molecule has 0 radical (unpaired) electrons. The molecule has 0 bridgehead atoms. The number of hydrogen-bond acceptors (Lipinski definition) is 3. The molecule has 3 atom stereocenters. The van der Waals surface area contributed by atoms with E-state index in [2.05, 4.69) is 0 Å². The van der Waals surface area contributed by atoms with E-state index >= 15 is 0 Å². The van der Waals surface area contributed by atoms with Crippen molar-refractivity contribution in [2.24, 2.45) is 0 Å². The van der Waals surface area contributed by atoms with Gasteiger partial charge in [0.15, 0.2) is 0 Å². The van der Waals surface area contributed by atoms with E-state index in [0.29, 0.717) is 23.4 Å². The number of carbonyl (C=O) groups excluding carboxylic acids is 1. The molecule has 32 heavy (non-hydrogen) atoms. The van der Waals surface area contributed by atoms with Gasteiger partial charge in [-0.1, -0.05) is 54.6 Å². The van der Waals surface area contributed by atoms with E-state index in [0.717, 1.165) is 11.1 Å². The zero-order valence-corrected chi connectivity index (χ0v) is 18.0. The first kappa shape index (κ1) is 22.0. The third-order valence-electron chi connectivity index (χ3n) is 5.55. The van der Waals surface area contributed by atoms with E-state index in [1.165, 1.54) is 29.2 Å². The highest BCUT2D eigenvalue weighted by Gasteiger charge is 2.56. The molecular formula is C25H22FNO4S. The van der Waals surface area contributed by atoms with Gasteiger partial charge in [0, 0.05) is 12.1 Å². The van der Waals surface area contributed by atoms with Crippen LogP contribution in [0.1, 0.15) is 22.7 Å². The molecule has 7 heteroatoms. The third-order valence-corrected chi connectivity index (χ3v) is 7.18. The first-order chi connectivity index (χ1) is 15.4. The first-order valence-corrected chi connectivity index (χ1v) is 11.6. The van der Waals surface area contributed by atoms with Crippen LogP contribution in [0.25, 0.3) is 0 Å². The van der Waals surface area contributed by atoms with E-state index < -0.39 is 34.3 Å². The molecule has 1 aliphatic heterocycles. The number of benzene rings is 3. The number of rotatable bonds is 8. The Morgan fingerprint density at radius 2 is 1.62 bits per heavy atom. The third kappa shape index (κ3) is 4.69. The van der Waals surface area contributed by atoms with Crippen LogP contribution in [0.5, 0.6) is 0 Å². The Labute approximate surface area is 188 Å². The predicted molar refractivity (Wildman–Crippen MR) is 121 cm³/mol. The van der Waals surface area contributed by atoms with Crippen molar-refractivity contribution in [2.75, 3.05) is 10.7 Å². The fourth-order valence-electron chi connectivity index (χ4n) is 3.93. The Morgan fingerprint density at radius 1 is 0.969 bits per heavy atom. The highest BCUT2D eigenvalue weighted by atomic mass is 32.2. The minimum atomic E-state index is -1.41. The summed E-state index contributed by atoms with van der Waals surface area (Å²) in [6, 6.07) is 21.8. The monoisotopic (exact) mass is 451 g/mol. The number of anilines is 1. The van der Waals surface area contributed by atoms with Gasteiger partial charge in [-0.3, -0.25) is 14.5 Å². The molecule has 3 aromatic rings. The maximum atomic E-state index is 13.4. The summed E-state index contributed by atoms with van der Waals surface area (Å²) >= 11 is -1.41. The molecule has 1 amide bonds. The molecule has 1 fully saturated rings. The van der Waals surface area contributed by atoms with Crippen molar-refractivity contribution in [3.8, 4) is 0 Å². The quantitative estimate of drug-likeness (QED) is 0.416. The fourth-order valence-corrected chi connectivity index (χ4v) is 5.53. The van der Waals surface area contributed by atoms with E-state index in [1.54, 1.807) is 24.3 Å². The molecule has 3 aromatic carbocycles. The van der Waals surface area contributed by atoms with Crippen molar-refractivity contribution >= 4 is 28.7 Å². The molecular weight excluding hydrogens is 429 g/mol. The number of carbonyl (C=O) groups is 2. The largest absolute Gasteiger partial charge is 0.616 e. The van der Waals surface area contributed by atoms with Gasteiger partial charge < -0.3 is 9.66 Å². The summed E-state index contributed by atoms with van der Waals surface area (Å²) in [7, 11) is 0. The first-order valence-electron chi connectivity index (χ1n) is 10.2. The summed E-state index contributed by atoms with van der Waals surface area (Å²) in [6.45, 7) is 0. The summed E-state index contributed by atoms with van der Waals surface area (Å²) < 4.78 is 26.6. The minimum Gasteiger partial charge on any atom is -0.616 e. The minimum absolute atomic E-state index is 0.0992. The number of halogens is 1. The summed E-state index contributed by atoms with van der Waals surface area (Å²) in [5, 5.41) is 8.28. The van der Waals surface area contributed by atoms with Crippen LogP contribution in [0.3, 0.4) is 0 Å². The molecule has 1 unspecified atom stereocenters. The number of carboxylic acids is 1. The van der Waals surface area contributed by atoms with E-state index in [9.17, 15) is 18.5 Å². The number of nitrogens with zero attached hydrogens (tertiary/aromatic N) is 1. The molecule has 1 saturated heterocycles. The predicted octanol–water partition coefficient (Wildman–Crippen LogP) is 3.90. The number of aryl methyl sites for hydroxylation is 1. The van der Waals surface area contributed by atoms with Crippen molar-refractivity contribution in [1.82, 2.24) is 0 Å².